The molecule has 4 rings (SSSR count). The topological polar surface area (TPSA) is 86.1 Å². The average molecular weight is 295 g/mol. The summed E-state index contributed by atoms with van der Waals surface area (Å²) in [5.74, 6) is 0.585. The number of hydrogen-bond donors (Lipinski definition) is 2. The first-order chi connectivity index (χ1) is 10.7. The van der Waals surface area contributed by atoms with Crippen molar-refractivity contribution in [1.29, 1.82) is 0 Å². The number of nitrogens with zero attached hydrogens (tertiary/aromatic N) is 5. The van der Waals surface area contributed by atoms with Crippen LogP contribution < -0.4 is 11.1 Å². The van der Waals surface area contributed by atoms with Crippen molar-refractivity contribution in [2.75, 3.05) is 18.8 Å². The fourth-order valence-corrected chi connectivity index (χ4v) is 2.75. The highest BCUT2D eigenvalue weighted by molar-refractivity contribution is 5.79. The van der Waals surface area contributed by atoms with Crippen LogP contribution in [0.3, 0.4) is 0 Å². The molecule has 0 radical (unpaired) electrons. The Balaban J connectivity index is 1.90. The van der Waals surface area contributed by atoms with Crippen LogP contribution >= 0.6 is 0 Å². The number of nitrogens with two attached hydrogens (primary N) is 1. The van der Waals surface area contributed by atoms with Gasteiger partial charge in [0.25, 0.3) is 0 Å². The van der Waals surface area contributed by atoms with Gasteiger partial charge in [-0.1, -0.05) is 6.08 Å². The van der Waals surface area contributed by atoms with Crippen molar-refractivity contribution in [3.63, 3.8) is 0 Å². The van der Waals surface area contributed by atoms with E-state index in [1.807, 2.05) is 25.5 Å². The van der Waals surface area contributed by atoms with Gasteiger partial charge in [-0.25, -0.2) is 4.98 Å². The molecular formula is C15H17N7. The van der Waals surface area contributed by atoms with Crippen molar-refractivity contribution in [2.24, 2.45) is 7.05 Å². The van der Waals surface area contributed by atoms with Crippen molar-refractivity contribution in [2.45, 2.75) is 6.42 Å². The standard InChI is InChI=1S/C15H17N7/c1-21-9-11(7-18-21)12-8-19-22-14(16)5-13(20-15(12)22)10-3-2-4-17-6-10/h3,5,7-9,17H,2,4,6,16H2,1H3. The molecule has 0 saturated carbocycles. The van der Waals surface area contributed by atoms with Gasteiger partial charge in [-0.05, 0) is 18.5 Å². The van der Waals surface area contributed by atoms with E-state index in [1.54, 1.807) is 15.4 Å². The first kappa shape index (κ1) is 13.0. The minimum atomic E-state index is 0.585. The Morgan fingerprint density at radius 1 is 1.27 bits per heavy atom. The third-order valence-electron chi connectivity index (χ3n) is 3.87. The van der Waals surface area contributed by atoms with E-state index < -0.39 is 0 Å². The van der Waals surface area contributed by atoms with Crippen molar-refractivity contribution >= 4 is 17.0 Å². The summed E-state index contributed by atoms with van der Waals surface area (Å²) in [4.78, 5) is 4.78. The van der Waals surface area contributed by atoms with Crippen molar-refractivity contribution in [3.8, 4) is 11.1 Å². The summed E-state index contributed by atoms with van der Waals surface area (Å²) >= 11 is 0. The van der Waals surface area contributed by atoms with Crippen LogP contribution in [-0.4, -0.2) is 37.5 Å². The summed E-state index contributed by atoms with van der Waals surface area (Å²) in [6.45, 7) is 1.83. The minimum Gasteiger partial charge on any atom is -0.384 e. The maximum atomic E-state index is 6.15. The minimum absolute atomic E-state index is 0.585. The van der Waals surface area contributed by atoms with Crippen LogP contribution in [0.5, 0.6) is 0 Å². The van der Waals surface area contributed by atoms with Crippen molar-refractivity contribution in [1.82, 2.24) is 29.7 Å². The van der Waals surface area contributed by atoms with Crippen molar-refractivity contribution in [3.05, 3.63) is 36.4 Å². The zero-order chi connectivity index (χ0) is 15.1. The molecule has 0 spiro atoms. The lowest BCUT2D eigenvalue weighted by atomic mass is 10.1. The molecule has 1 aliphatic rings. The lowest BCUT2D eigenvalue weighted by Crippen LogP contribution is -2.22. The fourth-order valence-electron chi connectivity index (χ4n) is 2.75. The molecule has 7 heteroatoms. The Hall–Kier alpha value is -2.67. The predicted octanol–water partition coefficient (Wildman–Crippen LogP) is 1.09. The van der Waals surface area contributed by atoms with Crippen LogP contribution in [0.1, 0.15) is 12.1 Å². The second kappa shape index (κ2) is 4.96. The molecule has 4 heterocycles. The summed E-state index contributed by atoms with van der Waals surface area (Å²) < 4.78 is 3.43. The van der Waals surface area contributed by atoms with E-state index in [4.69, 9.17) is 10.7 Å². The largest absolute Gasteiger partial charge is 0.384 e. The number of nitrogens with one attached hydrogen (secondary N) is 1. The van der Waals surface area contributed by atoms with Crippen LogP contribution in [0.2, 0.25) is 0 Å². The molecule has 7 nitrogen and oxygen atoms in total. The van der Waals surface area contributed by atoms with Gasteiger partial charge >= 0.3 is 0 Å². The molecule has 3 aromatic rings. The summed E-state index contributed by atoms with van der Waals surface area (Å²) in [6, 6.07) is 1.88. The van der Waals surface area contributed by atoms with Crippen LogP contribution in [0.4, 0.5) is 5.82 Å². The quantitative estimate of drug-likeness (QED) is 0.739. The van der Waals surface area contributed by atoms with Gasteiger partial charge in [0, 0.05) is 37.0 Å². The number of fused-ring (bicyclic) bond motifs is 1. The van der Waals surface area contributed by atoms with Crippen LogP contribution in [0.15, 0.2) is 30.7 Å². The Morgan fingerprint density at radius 3 is 2.91 bits per heavy atom. The Kier molecular flexibility index (Phi) is 2.93. The summed E-state index contributed by atoms with van der Waals surface area (Å²) in [5.41, 5.74) is 10.9. The normalized spacial score (nSPS) is 15.2. The maximum absolute atomic E-state index is 6.15. The van der Waals surface area contributed by atoms with E-state index in [1.165, 1.54) is 5.57 Å². The molecule has 0 unspecified atom stereocenters. The summed E-state index contributed by atoms with van der Waals surface area (Å²) in [6.07, 6.45) is 8.77. The zero-order valence-electron chi connectivity index (χ0n) is 12.3. The molecule has 3 aromatic heterocycles. The van der Waals surface area contributed by atoms with E-state index in [-0.39, 0.29) is 0 Å². The molecule has 0 aliphatic carbocycles. The molecule has 3 N–H and O–H groups in total. The highest BCUT2D eigenvalue weighted by atomic mass is 15.3. The number of hydrogen-bond acceptors (Lipinski definition) is 5. The Bertz CT molecular complexity index is 871. The monoisotopic (exact) mass is 295 g/mol. The number of aromatic nitrogens is 5. The molecule has 0 atom stereocenters. The van der Waals surface area contributed by atoms with E-state index in [9.17, 15) is 0 Å². The maximum Gasteiger partial charge on any atom is 0.165 e. The number of nitrogen functional groups attached to an aromatic ring is 1. The van der Waals surface area contributed by atoms with E-state index in [2.05, 4.69) is 21.6 Å². The molecule has 0 amide bonds. The third kappa shape index (κ3) is 2.06. The van der Waals surface area contributed by atoms with E-state index >= 15 is 0 Å². The van der Waals surface area contributed by atoms with Gasteiger partial charge in [-0.15, -0.1) is 0 Å². The van der Waals surface area contributed by atoms with Gasteiger partial charge in [0.15, 0.2) is 5.65 Å². The second-order valence-corrected chi connectivity index (χ2v) is 5.46. The highest BCUT2D eigenvalue weighted by Gasteiger charge is 2.15. The SMILES string of the molecule is Cn1cc(-c2cnn3c(N)cc(C4=CCCNC4)nc23)cn1. The average Bonchev–Trinajstić information content (AvgIpc) is 3.14. The second-order valence-electron chi connectivity index (χ2n) is 5.46. The lowest BCUT2D eigenvalue weighted by molar-refractivity contribution is 0.737. The first-order valence-corrected chi connectivity index (χ1v) is 7.26. The smallest absolute Gasteiger partial charge is 0.165 e. The highest BCUT2D eigenvalue weighted by Crippen LogP contribution is 2.26. The number of rotatable bonds is 2. The molecule has 112 valence electrons. The zero-order valence-corrected chi connectivity index (χ0v) is 12.3. The lowest BCUT2D eigenvalue weighted by Gasteiger charge is -2.14. The van der Waals surface area contributed by atoms with Crippen LogP contribution in [0.25, 0.3) is 22.3 Å². The van der Waals surface area contributed by atoms with Gasteiger partial charge in [0.1, 0.15) is 5.82 Å². The molecular weight excluding hydrogens is 278 g/mol. The predicted molar refractivity (Wildman–Crippen MR) is 85.1 cm³/mol. The van der Waals surface area contributed by atoms with Gasteiger partial charge in [-0.3, -0.25) is 4.68 Å². The molecule has 22 heavy (non-hydrogen) atoms. The van der Waals surface area contributed by atoms with Crippen molar-refractivity contribution < 1.29 is 0 Å². The van der Waals surface area contributed by atoms with Gasteiger partial charge in [0.05, 0.1) is 18.1 Å². The number of aryl methyl sites for hydroxylation is 1. The van der Waals surface area contributed by atoms with E-state index in [0.717, 1.165) is 42.0 Å². The fraction of sp³-hybridized carbons (Fsp3) is 0.267. The molecule has 0 fully saturated rings. The first-order valence-electron chi connectivity index (χ1n) is 7.26. The molecule has 0 saturated heterocycles. The van der Waals surface area contributed by atoms with Gasteiger partial charge < -0.3 is 11.1 Å². The third-order valence-corrected chi connectivity index (χ3v) is 3.87. The summed E-state index contributed by atoms with van der Waals surface area (Å²) in [5, 5.41) is 11.9. The van der Waals surface area contributed by atoms with Crippen LogP contribution in [0, 0.1) is 0 Å². The van der Waals surface area contributed by atoms with Gasteiger partial charge in [0.2, 0.25) is 0 Å². The molecule has 0 aromatic carbocycles. The Labute approximate surface area is 127 Å². The Morgan fingerprint density at radius 2 is 2.18 bits per heavy atom. The number of anilines is 1. The summed E-state index contributed by atoms with van der Waals surface area (Å²) in [7, 11) is 1.89. The van der Waals surface area contributed by atoms with Gasteiger partial charge in [-0.2, -0.15) is 14.7 Å². The van der Waals surface area contributed by atoms with Crippen LogP contribution in [-0.2, 0) is 7.05 Å². The van der Waals surface area contributed by atoms with E-state index in [0.29, 0.717) is 5.82 Å². The molecule has 0 bridgehead atoms. The molecule has 1 aliphatic heterocycles.